The standard InChI is InChI=1S/C20H16BrN5O/c1-27-16-8-4-14(5-9-16)20(10-11-20)18-24-25-19-23-17(12-22-26(18)19)13-2-6-15(21)7-3-13/h2-9,12H,10-11H2,1H3. The molecule has 0 amide bonds. The van der Waals surface area contributed by atoms with Gasteiger partial charge < -0.3 is 4.74 Å². The SMILES string of the molecule is COc1ccc(C2(c3nnc4nc(-c5ccc(Br)cc5)cnn34)CC2)cc1. The number of benzene rings is 2. The van der Waals surface area contributed by atoms with Crippen molar-refractivity contribution >= 4 is 21.7 Å². The number of hydrogen-bond acceptors (Lipinski definition) is 5. The normalized spacial score (nSPS) is 15.0. The lowest BCUT2D eigenvalue weighted by Gasteiger charge is -2.13. The third-order valence-electron chi connectivity index (χ3n) is 5.10. The summed E-state index contributed by atoms with van der Waals surface area (Å²) in [7, 11) is 1.67. The Morgan fingerprint density at radius 1 is 1.00 bits per heavy atom. The fourth-order valence-electron chi connectivity index (χ4n) is 3.43. The zero-order chi connectivity index (χ0) is 18.4. The van der Waals surface area contributed by atoms with Gasteiger partial charge in [0, 0.05) is 10.0 Å². The van der Waals surface area contributed by atoms with Crippen molar-refractivity contribution in [1.29, 1.82) is 0 Å². The zero-order valence-electron chi connectivity index (χ0n) is 14.6. The Labute approximate surface area is 164 Å². The number of methoxy groups -OCH3 is 1. The first-order valence-electron chi connectivity index (χ1n) is 8.69. The Morgan fingerprint density at radius 3 is 2.41 bits per heavy atom. The van der Waals surface area contributed by atoms with Gasteiger partial charge in [0.2, 0.25) is 0 Å². The van der Waals surface area contributed by atoms with Gasteiger partial charge in [-0.05, 0) is 42.7 Å². The Morgan fingerprint density at radius 2 is 1.74 bits per heavy atom. The molecule has 0 bridgehead atoms. The number of ether oxygens (including phenoxy) is 1. The second kappa shape index (κ2) is 6.13. The van der Waals surface area contributed by atoms with Crippen LogP contribution in [0.3, 0.4) is 0 Å². The van der Waals surface area contributed by atoms with E-state index in [1.807, 2.05) is 36.4 Å². The number of rotatable bonds is 4. The quantitative estimate of drug-likeness (QED) is 0.497. The molecular formula is C20H16BrN5O. The van der Waals surface area contributed by atoms with Gasteiger partial charge in [-0.25, -0.2) is 4.98 Å². The van der Waals surface area contributed by atoms with Crippen LogP contribution in [0, 0.1) is 0 Å². The van der Waals surface area contributed by atoms with Gasteiger partial charge in [0.25, 0.3) is 5.78 Å². The zero-order valence-corrected chi connectivity index (χ0v) is 16.2. The third kappa shape index (κ3) is 2.70. The summed E-state index contributed by atoms with van der Waals surface area (Å²) >= 11 is 3.45. The molecule has 1 fully saturated rings. The molecule has 7 heteroatoms. The van der Waals surface area contributed by atoms with E-state index >= 15 is 0 Å². The van der Waals surface area contributed by atoms with Gasteiger partial charge in [-0.3, -0.25) is 0 Å². The van der Waals surface area contributed by atoms with Crippen LogP contribution < -0.4 is 4.74 Å². The molecular weight excluding hydrogens is 406 g/mol. The van der Waals surface area contributed by atoms with Crippen molar-refractivity contribution in [2.24, 2.45) is 0 Å². The molecule has 1 aliphatic rings. The fraction of sp³-hybridized carbons (Fsp3) is 0.200. The van der Waals surface area contributed by atoms with Crippen LogP contribution in [-0.4, -0.2) is 31.9 Å². The van der Waals surface area contributed by atoms with Crippen molar-refractivity contribution in [2.75, 3.05) is 7.11 Å². The molecule has 0 radical (unpaired) electrons. The van der Waals surface area contributed by atoms with Crippen LogP contribution in [0.25, 0.3) is 17.0 Å². The Balaban J connectivity index is 1.55. The van der Waals surface area contributed by atoms with Gasteiger partial charge in [0.05, 0.1) is 24.4 Å². The van der Waals surface area contributed by atoms with Crippen LogP contribution >= 0.6 is 15.9 Å². The molecule has 1 saturated carbocycles. The highest BCUT2D eigenvalue weighted by Crippen LogP contribution is 2.52. The van der Waals surface area contributed by atoms with Gasteiger partial charge in [-0.15, -0.1) is 10.2 Å². The van der Waals surface area contributed by atoms with Crippen molar-refractivity contribution in [1.82, 2.24) is 24.8 Å². The maximum absolute atomic E-state index is 5.27. The van der Waals surface area contributed by atoms with Crippen molar-refractivity contribution in [3.05, 3.63) is 70.6 Å². The molecule has 0 saturated heterocycles. The molecule has 27 heavy (non-hydrogen) atoms. The number of nitrogens with zero attached hydrogens (tertiary/aromatic N) is 5. The van der Waals surface area contributed by atoms with E-state index in [2.05, 4.69) is 48.3 Å². The van der Waals surface area contributed by atoms with Crippen molar-refractivity contribution < 1.29 is 4.74 Å². The molecule has 2 aromatic carbocycles. The number of fused-ring (bicyclic) bond motifs is 1. The van der Waals surface area contributed by atoms with E-state index in [1.165, 1.54) is 5.56 Å². The lowest BCUT2D eigenvalue weighted by molar-refractivity contribution is 0.414. The molecule has 0 spiro atoms. The summed E-state index contributed by atoms with van der Waals surface area (Å²) in [4.78, 5) is 4.65. The predicted molar refractivity (Wildman–Crippen MR) is 105 cm³/mol. The molecule has 134 valence electrons. The molecule has 4 aromatic rings. The van der Waals surface area contributed by atoms with Crippen LogP contribution in [0.5, 0.6) is 5.75 Å². The molecule has 2 aromatic heterocycles. The predicted octanol–water partition coefficient (Wildman–Crippen LogP) is 4.04. The highest BCUT2D eigenvalue weighted by molar-refractivity contribution is 9.10. The molecule has 6 nitrogen and oxygen atoms in total. The Bertz CT molecular complexity index is 1120. The lowest BCUT2D eigenvalue weighted by Crippen LogP contribution is -2.15. The molecule has 0 atom stereocenters. The highest BCUT2D eigenvalue weighted by atomic mass is 79.9. The van der Waals surface area contributed by atoms with E-state index < -0.39 is 0 Å². The summed E-state index contributed by atoms with van der Waals surface area (Å²) in [6, 6.07) is 16.1. The summed E-state index contributed by atoms with van der Waals surface area (Å²) in [6.45, 7) is 0. The molecule has 0 aliphatic heterocycles. The minimum atomic E-state index is -0.139. The van der Waals surface area contributed by atoms with Gasteiger partial charge in [-0.2, -0.15) is 9.61 Å². The summed E-state index contributed by atoms with van der Waals surface area (Å²) < 4.78 is 8.06. The van der Waals surface area contributed by atoms with E-state index in [1.54, 1.807) is 17.8 Å². The fourth-order valence-corrected chi connectivity index (χ4v) is 3.70. The average molecular weight is 422 g/mol. The Hall–Kier alpha value is -2.80. The maximum atomic E-state index is 5.27. The number of hydrogen-bond donors (Lipinski definition) is 0. The van der Waals surface area contributed by atoms with E-state index in [9.17, 15) is 0 Å². The molecule has 2 heterocycles. The lowest BCUT2D eigenvalue weighted by atomic mass is 9.95. The van der Waals surface area contributed by atoms with Crippen LogP contribution in [0.4, 0.5) is 0 Å². The van der Waals surface area contributed by atoms with Gasteiger partial charge in [0.1, 0.15) is 5.75 Å². The topological polar surface area (TPSA) is 65.2 Å². The largest absolute Gasteiger partial charge is 0.497 e. The smallest absolute Gasteiger partial charge is 0.272 e. The highest BCUT2D eigenvalue weighted by Gasteiger charge is 2.50. The van der Waals surface area contributed by atoms with Gasteiger partial charge in [-0.1, -0.05) is 40.2 Å². The van der Waals surface area contributed by atoms with Crippen molar-refractivity contribution in [3.8, 4) is 17.0 Å². The van der Waals surface area contributed by atoms with Crippen molar-refractivity contribution in [3.63, 3.8) is 0 Å². The van der Waals surface area contributed by atoms with Crippen molar-refractivity contribution in [2.45, 2.75) is 18.3 Å². The molecule has 1 aliphatic carbocycles. The molecule has 5 rings (SSSR count). The minimum absolute atomic E-state index is 0.139. The first-order valence-corrected chi connectivity index (χ1v) is 9.48. The van der Waals surface area contributed by atoms with Gasteiger partial charge in [0.15, 0.2) is 5.82 Å². The average Bonchev–Trinajstić information content (AvgIpc) is 3.41. The maximum Gasteiger partial charge on any atom is 0.272 e. The third-order valence-corrected chi connectivity index (χ3v) is 5.63. The van der Waals surface area contributed by atoms with E-state index in [4.69, 9.17) is 4.74 Å². The second-order valence-electron chi connectivity index (χ2n) is 6.69. The van der Waals surface area contributed by atoms with E-state index in [0.717, 1.165) is 40.1 Å². The van der Waals surface area contributed by atoms with Gasteiger partial charge >= 0.3 is 0 Å². The summed E-state index contributed by atoms with van der Waals surface area (Å²) in [5.74, 6) is 2.21. The van der Waals surface area contributed by atoms with Crippen LogP contribution in [0.15, 0.2) is 59.2 Å². The van der Waals surface area contributed by atoms with E-state index in [0.29, 0.717) is 5.78 Å². The number of halogens is 1. The van der Waals surface area contributed by atoms with Crippen LogP contribution in [0.2, 0.25) is 0 Å². The monoisotopic (exact) mass is 421 g/mol. The Kier molecular flexibility index (Phi) is 3.72. The van der Waals surface area contributed by atoms with Crippen LogP contribution in [-0.2, 0) is 5.41 Å². The molecule has 0 unspecified atom stereocenters. The minimum Gasteiger partial charge on any atom is -0.497 e. The van der Waals surface area contributed by atoms with E-state index in [-0.39, 0.29) is 5.41 Å². The van der Waals surface area contributed by atoms with Crippen LogP contribution in [0.1, 0.15) is 24.2 Å². The molecule has 0 N–H and O–H groups in total. The summed E-state index contributed by atoms with van der Waals surface area (Å²) in [5, 5.41) is 13.3. The second-order valence-corrected chi connectivity index (χ2v) is 7.61. The summed E-state index contributed by atoms with van der Waals surface area (Å²) in [5.41, 5.74) is 2.84. The first-order chi connectivity index (χ1) is 13.2. The number of aromatic nitrogens is 5. The first kappa shape index (κ1) is 16.4. The summed E-state index contributed by atoms with van der Waals surface area (Å²) in [6.07, 6.45) is 3.82.